The minimum atomic E-state index is -0.260. The van der Waals surface area contributed by atoms with Crippen LogP contribution in [0.15, 0.2) is 4.99 Å². The topological polar surface area (TPSA) is 58.9 Å². The Balaban J connectivity index is 0. The van der Waals surface area contributed by atoms with Crippen LogP contribution in [0.3, 0.4) is 0 Å². The maximum Gasteiger partial charge on any atom is 0.327 e. The molecule has 4 heteroatoms. The van der Waals surface area contributed by atoms with Gasteiger partial charge in [-0.2, -0.15) is 0 Å². The van der Waals surface area contributed by atoms with E-state index in [9.17, 15) is 4.79 Å². The molecule has 0 radical (unpaired) electrons. The Hall–Kier alpha value is -0.900. The van der Waals surface area contributed by atoms with Crippen molar-refractivity contribution in [1.82, 2.24) is 0 Å². The molecule has 0 bridgehead atoms. The maximum atomic E-state index is 10.7. The predicted octanol–water partition coefficient (Wildman–Crippen LogP) is 1.27. The van der Waals surface area contributed by atoms with Gasteiger partial charge in [-0.3, -0.25) is 9.79 Å². The monoisotopic (exact) mass is 203 g/mol. The molecule has 0 spiro atoms. The zero-order chi connectivity index (χ0) is 11.4. The zero-order valence-corrected chi connectivity index (χ0v) is 9.49. The van der Waals surface area contributed by atoms with E-state index in [1.807, 2.05) is 13.8 Å². The van der Waals surface area contributed by atoms with E-state index in [1.165, 1.54) is 0 Å². The summed E-state index contributed by atoms with van der Waals surface area (Å²) in [7, 11) is 0. The molecule has 0 heterocycles. The summed E-state index contributed by atoms with van der Waals surface area (Å²) in [4.78, 5) is 14.6. The minimum Gasteiger partial charge on any atom is -0.465 e. The fourth-order valence-electron chi connectivity index (χ4n) is 0.545. The second-order valence-electron chi connectivity index (χ2n) is 2.86. The van der Waals surface area contributed by atoms with Gasteiger partial charge < -0.3 is 9.84 Å². The number of carbonyl (C=O) groups is 1. The highest BCUT2D eigenvalue weighted by atomic mass is 16.5. The summed E-state index contributed by atoms with van der Waals surface area (Å²) in [5.41, 5.74) is 0. The third-order valence-corrected chi connectivity index (χ3v) is 0.929. The van der Waals surface area contributed by atoms with Crippen molar-refractivity contribution in [2.24, 2.45) is 10.9 Å². The molecule has 14 heavy (non-hydrogen) atoms. The second kappa shape index (κ2) is 12.1. The van der Waals surface area contributed by atoms with Crippen LogP contribution in [0.2, 0.25) is 0 Å². The third-order valence-electron chi connectivity index (χ3n) is 0.929. The van der Waals surface area contributed by atoms with Gasteiger partial charge in [0.15, 0.2) is 0 Å². The van der Waals surface area contributed by atoms with E-state index in [-0.39, 0.29) is 19.1 Å². The largest absolute Gasteiger partial charge is 0.465 e. The van der Waals surface area contributed by atoms with Gasteiger partial charge in [0.1, 0.15) is 6.54 Å². The lowest BCUT2D eigenvalue weighted by Gasteiger charge is -1.97. The van der Waals surface area contributed by atoms with Crippen molar-refractivity contribution in [2.75, 3.05) is 19.8 Å². The van der Waals surface area contributed by atoms with Gasteiger partial charge in [0.25, 0.3) is 0 Å². The summed E-state index contributed by atoms with van der Waals surface area (Å²) in [6, 6.07) is 0. The average molecular weight is 203 g/mol. The van der Waals surface area contributed by atoms with Crippen LogP contribution >= 0.6 is 0 Å². The van der Waals surface area contributed by atoms with E-state index in [0.717, 1.165) is 0 Å². The van der Waals surface area contributed by atoms with E-state index >= 15 is 0 Å². The summed E-state index contributed by atoms with van der Waals surface area (Å²) in [6.45, 7) is 8.30. The lowest BCUT2D eigenvalue weighted by atomic mass is 10.2. The van der Waals surface area contributed by atoms with Crippen molar-refractivity contribution in [1.29, 1.82) is 0 Å². The number of carbonyl (C=O) groups excluding carboxylic acids is 1. The molecular weight excluding hydrogens is 182 g/mol. The van der Waals surface area contributed by atoms with Crippen LogP contribution in [-0.4, -0.2) is 37.0 Å². The van der Waals surface area contributed by atoms with E-state index in [1.54, 1.807) is 20.1 Å². The Morgan fingerprint density at radius 2 is 2.00 bits per heavy atom. The molecule has 0 saturated heterocycles. The van der Waals surface area contributed by atoms with Gasteiger partial charge in [0.2, 0.25) is 0 Å². The third kappa shape index (κ3) is 17.3. The molecule has 0 unspecified atom stereocenters. The number of aliphatic hydroxyl groups is 1. The highest BCUT2D eigenvalue weighted by Gasteiger charge is 1.96. The number of hydrogen-bond donors (Lipinski definition) is 1. The van der Waals surface area contributed by atoms with E-state index in [2.05, 4.69) is 9.73 Å². The number of rotatable bonds is 4. The lowest BCUT2D eigenvalue weighted by Crippen LogP contribution is -2.08. The van der Waals surface area contributed by atoms with Crippen molar-refractivity contribution in [3.63, 3.8) is 0 Å². The van der Waals surface area contributed by atoms with Crippen LogP contribution in [0.25, 0.3) is 0 Å². The molecule has 84 valence electrons. The number of nitrogens with zero attached hydrogens (tertiary/aromatic N) is 1. The van der Waals surface area contributed by atoms with Gasteiger partial charge in [-0.05, 0) is 19.8 Å². The normalized spacial score (nSPS) is 9.86. The molecule has 0 aromatic carbocycles. The van der Waals surface area contributed by atoms with Crippen LogP contribution in [0.4, 0.5) is 0 Å². The molecule has 0 aromatic rings. The van der Waals surface area contributed by atoms with Crippen LogP contribution in [-0.2, 0) is 9.53 Å². The van der Waals surface area contributed by atoms with Crippen molar-refractivity contribution in [2.45, 2.75) is 27.7 Å². The summed E-state index contributed by atoms with van der Waals surface area (Å²) < 4.78 is 4.67. The first-order chi connectivity index (χ1) is 6.58. The smallest absolute Gasteiger partial charge is 0.327 e. The summed E-state index contributed by atoms with van der Waals surface area (Å²) in [5, 5.41) is 7.57. The minimum absolute atomic E-state index is 0.145. The molecule has 0 rings (SSSR count). The molecule has 0 aromatic heterocycles. The van der Waals surface area contributed by atoms with E-state index in [4.69, 9.17) is 5.11 Å². The van der Waals surface area contributed by atoms with Crippen molar-refractivity contribution in [3.8, 4) is 0 Å². The van der Waals surface area contributed by atoms with Crippen molar-refractivity contribution in [3.05, 3.63) is 0 Å². The number of aliphatic hydroxyl groups excluding tert-OH is 1. The second-order valence-corrected chi connectivity index (χ2v) is 2.86. The Kier molecular flexibility index (Phi) is 13.5. The molecule has 0 aliphatic carbocycles. The lowest BCUT2D eigenvalue weighted by molar-refractivity contribution is -0.141. The number of esters is 1. The van der Waals surface area contributed by atoms with Gasteiger partial charge in [0, 0.05) is 12.8 Å². The predicted molar refractivity (Wildman–Crippen MR) is 57.6 cm³/mol. The molecule has 0 amide bonds. The first kappa shape index (κ1) is 15.6. The van der Waals surface area contributed by atoms with Crippen LogP contribution < -0.4 is 0 Å². The molecule has 1 N–H and O–H groups in total. The molecule has 0 aliphatic rings. The maximum absolute atomic E-state index is 10.7. The van der Waals surface area contributed by atoms with Gasteiger partial charge in [0.05, 0.1) is 6.61 Å². The first-order valence-corrected chi connectivity index (χ1v) is 4.84. The fraction of sp³-hybridized carbons (Fsp3) is 0.800. The van der Waals surface area contributed by atoms with Gasteiger partial charge in [-0.25, -0.2) is 0 Å². The molecule has 4 nitrogen and oxygen atoms in total. The highest BCUT2D eigenvalue weighted by Crippen LogP contribution is 1.86. The molecular formula is C10H21NO3. The van der Waals surface area contributed by atoms with Crippen LogP contribution in [0.5, 0.6) is 0 Å². The average Bonchev–Trinajstić information content (AvgIpc) is 2.05. The number of aliphatic imine (C=N–C) groups is 1. The Labute approximate surface area is 86.0 Å². The quantitative estimate of drug-likeness (QED) is 0.553. The zero-order valence-electron chi connectivity index (χ0n) is 9.49. The Morgan fingerprint density at radius 3 is 2.36 bits per heavy atom. The Bertz CT molecular complexity index is 155. The molecule has 0 fully saturated rings. The summed E-state index contributed by atoms with van der Waals surface area (Å²) >= 11 is 0. The van der Waals surface area contributed by atoms with Crippen molar-refractivity contribution >= 4 is 12.2 Å². The summed E-state index contributed by atoms with van der Waals surface area (Å²) in [6.07, 6.45) is 1.75. The SMILES string of the molecule is CCO.CCOC(=O)CN=CC(C)C. The van der Waals surface area contributed by atoms with Gasteiger partial charge in [-0.15, -0.1) is 0 Å². The van der Waals surface area contributed by atoms with Crippen LogP contribution in [0.1, 0.15) is 27.7 Å². The van der Waals surface area contributed by atoms with Crippen LogP contribution in [0, 0.1) is 5.92 Å². The molecule has 0 saturated carbocycles. The van der Waals surface area contributed by atoms with E-state index in [0.29, 0.717) is 12.5 Å². The van der Waals surface area contributed by atoms with E-state index < -0.39 is 0 Å². The Morgan fingerprint density at radius 1 is 1.50 bits per heavy atom. The first-order valence-electron chi connectivity index (χ1n) is 4.84. The fourth-order valence-corrected chi connectivity index (χ4v) is 0.545. The molecule has 0 atom stereocenters. The standard InChI is InChI=1S/C8H15NO2.C2H6O/c1-4-11-8(10)6-9-5-7(2)3;1-2-3/h5,7H,4,6H2,1-3H3;3H,2H2,1H3. The van der Waals surface area contributed by atoms with Gasteiger partial charge >= 0.3 is 5.97 Å². The number of ether oxygens (including phenoxy) is 1. The van der Waals surface area contributed by atoms with Crippen molar-refractivity contribution < 1.29 is 14.6 Å². The number of hydrogen-bond acceptors (Lipinski definition) is 4. The highest BCUT2D eigenvalue weighted by molar-refractivity contribution is 5.74. The molecule has 0 aliphatic heterocycles. The van der Waals surface area contributed by atoms with Gasteiger partial charge in [-0.1, -0.05) is 13.8 Å². The summed E-state index contributed by atoms with van der Waals surface area (Å²) in [5.74, 6) is 0.133.